The quantitative estimate of drug-likeness (QED) is 0.538. The summed E-state index contributed by atoms with van der Waals surface area (Å²) in [4.78, 5) is 16.3. The van der Waals surface area contributed by atoms with E-state index >= 15 is 0 Å². The maximum atomic E-state index is 13.5. The molecule has 1 aromatic rings. The average Bonchev–Trinajstić information content (AvgIpc) is 2.62. The highest BCUT2D eigenvalue weighted by Gasteiger charge is 2.22. The standard InChI is InChI=1S/C20H31FN4O/c1-20(2,15-8-7-9-16(21)12-15)14-24-19(22-3)23-13-18(26)25-17-10-5-4-6-11-17/h7-9,12,17H,4-6,10-11,13-14H2,1-3H3,(H,25,26)(H2,22,23,24). The Kier molecular flexibility index (Phi) is 7.42. The Bertz CT molecular complexity index is 624. The molecule has 0 spiro atoms. The van der Waals surface area contributed by atoms with Gasteiger partial charge in [0.25, 0.3) is 0 Å². The van der Waals surface area contributed by atoms with E-state index in [-0.39, 0.29) is 23.7 Å². The molecule has 0 radical (unpaired) electrons. The summed E-state index contributed by atoms with van der Waals surface area (Å²) in [5.41, 5.74) is 0.639. The molecule has 2 rings (SSSR count). The molecule has 144 valence electrons. The number of aliphatic imine (C=N–C) groups is 1. The van der Waals surface area contributed by atoms with Crippen LogP contribution in [0.15, 0.2) is 29.3 Å². The van der Waals surface area contributed by atoms with E-state index in [2.05, 4.69) is 20.9 Å². The summed E-state index contributed by atoms with van der Waals surface area (Å²) in [7, 11) is 1.67. The minimum Gasteiger partial charge on any atom is -0.356 e. The van der Waals surface area contributed by atoms with E-state index in [0.29, 0.717) is 18.5 Å². The molecule has 1 saturated carbocycles. The van der Waals surface area contributed by atoms with Crippen LogP contribution in [0.1, 0.15) is 51.5 Å². The Morgan fingerprint density at radius 2 is 1.96 bits per heavy atom. The fraction of sp³-hybridized carbons (Fsp3) is 0.600. The summed E-state index contributed by atoms with van der Waals surface area (Å²) in [5.74, 6) is 0.315. The second-order valence-electron chi connectivity index (χ2n) is 7.58. The molecule has 0 saturated heterocycles. The first kappa shape index (κ1) is 20.2. The van der Waals surface area contributed by atoms with Crippen molar-refractivity contribution in [2.75, 3.05) is 20.1 Å². The van der Waals surface area contributed by atoms with Gasteiger partial charge in [-0.3, -0.25) is 9.79 Å². The van der Waals surface area contributed by atoms with Crippen LogP contribution in [0.3, 0.4) is 0 Å². The molecule has 6 heteroatoms. The van der Waals surface area contributed by atoms with Crippen molar-refractivity contribution < 1.29 is 9.18 Å². The van der Waals surface area contributed by atoms with E-state index in [0.717, 1.165) is 18.4 Å². The van der Waals surface area contributed by atoms with E-state index in [1.807, 2.05) is 19.9 Å². The Balaban J connectivity index is 1.78. The van der Waals surface area contributed by atoms with Crippen molar-refractivity contribution in [2.24, 2.45) is 4.99 Å². The SMILES string of the molecule is CN=C(NCC(=O)NC1CCCCC1)NCC(C)(C)c1cccc(F)c1. The van der Waals surface area contributed by atoms with Crippen molar-refractivity contribution in [2.45, 2.75) is 57.4 Å². The van der Waals surface area contributed by atoms with Crippen molar-refractivity contribution >= 4 is 11.9 Å². The van der Waals surface area contributed by atoms with Crippen LogP contribution in [0.2, 0.25) is 0 Å². The summed E-state index contributed by atoms with van der Waals surface area (Å²) in [6.07, 6.45) is 5.79. The van der Waals surface area contributed by atoms with Crippen molar-refractivity contribution in [3.05, 3.63) is 35.6 Å². The van der Waals surface area contributed by atoms with Crippen LogP contribution in [0.5, 0.6) is 0 Å². The van der Waals surface area contributed by atoms with Gasteiger partial charge in [-0.2, -0.15) is 0 Å². The minimum absolute atomic E-state index is 0.00996. The first-order chi connectivity index (χ1) is 12.4. The maximum absolute atomic E-state index is 13.5. The number of carbonyl (C=O) groups is 1. The van der Waals surface area contributed by atoms with Crippen LogP contribution in [0.25, 0.3) is 0 Å². The number of amides is 1. The second kappa shape index (κ2) is 9.55. The van der Waals surface area contributed by atoms with Crippen LogP contribution in [-0.4, -0.2) is 38.0 Å². The number of hydrogen-bond acceptors (Lipinski definition) is 2. The Morgan fingerprint density at radius 1 is 1.23 bits per heavy atom. The van der Waals surface area contributed by atoms with Crippen LogP contribution in [0, 0.1) is 5.82 Å². The molecule has 1 aliphatic rings. The normalized spacial score (nSPS) is 16.2. The highest BCUT2D eigenvalue weighted by atomic mass is 19.1. The Morgan fingerprint density at radius 3 is 2.62 bits per heavy atom. The number of nitrogens with one attached hydrogen (secondary N) is 3. The summed E-state index contributed by atoms with van der Waals surface area (Å²) in [6.45, 7) is 4.84. The first-order valence-corrected chi connectivity index (χ1v) is 9.40. The van der Waals surface area contributed by atoms with Gasteiger partial charge in [0.1, 0.15) is 5.82 Å². The van der Waals surface area contributed by atoms with Crippen molar-refractivity contribution in [1.29, 1.82) is 0 Å². The minimum atomic E-state index is -0.274. The first-order valence-electron chi connectivity index (χ1n) is 9.40. The van der Waals surface area contributed by atoms with Gasteiger partial charge >= 0.3 is 0 Å². The molecule has 26 heavy (non-hydrogen) atoms. The van der Waals surface area contributed by atoms with Gasteiger partial charge in [-0.15, -0.1) is 0 Å². The molecule has 5 nitrogen and oxygen atoms in total. The molecule has 0 aromatic heterocycles. The highest BCUT2D eigenvalue weighted by molar-refractivity contribution is 5.86. The summed E-state index contributed by atoms with van der Waals surface area (Å²) >= 11 is 0. The number of hydrogen-bond donors (Lipinski definition) is 3. The lowest BCUT2D eigenvalue weighted by Gasteiger charge is -2.27. The van der Waals surface area contributed by atoms with Gasteiger partial charge in [0.15, 0.2) is 5.96 Å². The van der Waals surface area contributed by atoms with Crippen LogP contribution in [0.4, 0.5) is 4.39 Å². The zero-order chi connectivity index (χ0) is 19.0. The monoisotopic (exact) mass is 362 g/mol. The Labute approximate surface area is 155 Å². The summed E-state index contributed by atoms with van der Waals surface area (Å²) in [6, 6.07) is 6.93. The number of nitrogens with zero attached hydrogens (tertiary/aromatic N) is 1. The van der Waals surface area contributed by atoms with Gasteiger partial charge < -0.3 is 16.0 Å². The zero-order valence-corrected chi connectivity index (χ0v) is 16.1. The van der Waals surface area contributed by atoms with Crippen LogP contribution in [-0.2, 0) is 10.2 Å². The van der Waals surface area contributed by atoms with E-state index in [1.54, 1.807) is 19.2 Å². The lowest BCUT2D eigenvalue weighted by atomic mass is 9.84. The predicted molar refractivity (Wildman–Crippen MR) is 104 cm³/mol. The van der Waals surface area contributed by atoms with Crippen LogP contribution >= 0.6 is 0 Å². The zero-order valence-electron chi connectivity index (χ0n) is 16.1. The third-order valence-corrected chi connectivity index (χ3v) is 4.91. The maximum Gasteiger partial charge on any atom is 0.239 e. The number of halogens is 1. The molecule has 0 atom stereocenters. The lowest BCUT2D eigenvalue weighted by Crippen LogP contribution is -2.48. The third-order valence-electron chi connectivity index (χ3n) is 4.91. The molecule has 0 aliphatic heterocycles. The average molecular weight is 362 g/mol. The highest BCUT2D eigenvalue weighted by Crippen LogP contribution is 2.22. The molecule has 0 unspecified atom stereocenters. The van der Waals surface area contributed by atoms with Gasteiger partial charge in [0.05, 0.1) is 6.54 Å². The fourth-order valence-corrected chi connectivity index (χ4v) is 3.23. The Hall–Kier alpha value is -2.11. The second-order valence-corrected chi connectivity index (χ2v) is 7.58. The van der Waals surface area contributed by atoms with Gasteiger partial charge in [0, 0.05) is 25.0 Å². The topological polar surface area (TPSA) is 65.5 Å². The van der Waals surface area contributed by atoms with E-state index in [9.17, 15) is 9.18 Å². The third kappa shape index (κ3) is 6.32. The van der Waals surface area contributed by atoms with Gasteiger partial charge in [-0.05, 0) is 30.5 Å². The molecule has 1 amide bonds. The molecule has 1 aliphatic carbocycles. The number of benzene rings is 1. The molecule has 1 aromatic carbocycles. The molecular formula is C20H31FN4O. The van der Waals surface area contributed by atoms with Gasteiger partial charge in [0.2, 0.25) is 5.91 Å². The molecule has 3 N–H and O–H groups in total. The number of guanidine groups is 1. The van der Waals surface area contributed by atoms with E-state index in [1.165, 1.54) is 25.3 Å². The fourth-order valence-electron chi connectivity index (χ4n) is 3.23. The van der Waals surface area contributed by atoms with Crippen molar-refractivity contribution in [3.8, 4) is 0 Å². The van der Waals surface area contributed by atoms with E-state index < -0.39 is 0 Å². The molecule has 0 heterocycles. The number of rotatable bonds is 6. The van der Waals surface area contributed by atoms with Crippen molar-refractivity contribution in [1.82, 2.24) is 16.0 Å². The number of carbonyl (C=O) groups excluding carboxylic acids is 1. The van der Waals surface area contributed by atoms with Crippen molar-refractivity contribution in [3.63, 3.8) is 0 Å². The summed E-state index contributed by atoms with van der Waals surface area (Å²) < 4.78 is 13.5. The van der Waals surface area contributed by atoms with Crippen LogP contribution < -0.4 is 16.0 Å². The lowest BCUT2D eigenvalue weighted by molar-refractivity contribution is -0.120. The molecule has 0 bridgehead atoms. The predicted octanol–water partition coefficient (Wildman–Crippen LogP) is 2.72. The largest absolute Gasteiger partial charge is 0.356 e. The molecular weight excluding hydrogens is 331 g/mol. The smallest absolute Gasteiger partial charge is 0.239 e. The van der Waals surface area contributed by atoms with E-state index in [4.69, 9.17) is 0 Å². The van der Waals surface area contributed by atoms with Gasteiger partial charge in [-0.1, -0.05) is 45.2 Å². The van der Waals surface area contributed by atoms with Gasteiger partial charge in [-0.25, -0.2) is 4.39 Å². The molecule has 1 fully saturated rings. The summed E-state index contributed by atoms with van der Waals surface area (Å²) in [5, 5.41) is 9.35.